The molecule has 0 bridgehead atoms. The van der Waals surface area contributed by atoms with Crippen molar-refractivity contribution in [1.82, 2.24) is 19.7 Å². The van der Waals surface area contributed by atoms with E-state index in [1.165, 1.54) is 32.9 Å². The molecule has 0 saturated heterocycles. The average molecular weight is 843 g/mol. The molecule has 64 heavy (non-hydrogen) atoms. The van der Waals surface area contributed by atoms with E-state index >= 15 is 0 Å². The van der Waals surface area contributed by atoms with Crippen molar-refractivity contribution in [2.24, 2.45) is 5.41 Å². The molecule has 7 nitrogen and oxygen atoms in total. The molecule has 6 aromatic carbocycles. The van der Waals surface area contributed by atoms with Crippen LogP contribution in [0.5, 0.6) is 5.75 Å². The van der Waals surface area contributed by atoms with Gasteiger partial charge in [0.25, 0.3) is 0 Å². The first kappa shape index (κ1) is 42.2. The summed E-state index contributed by atoms with van der Waals surface area (Å²) in [5.74, 6) is 1.47. The summed E-state index contributed by atoms with van der Waals surface area (Å²) in [5, 5.41) is 11.1. The highest BCUT2D eigenvalue weighted by Gasteiger charge is 2.38. The van der Waals surface area contributed by atoms with Crippen LogP contribution in [0, 0.1) is 5.41 Å². The summed E-state index contributed by atoms with van der Waals surface area (Å²) >= 11 is 0. The standard InChI is InChI=1S/C57H54N4O3/c1-7-57(6,55(62)63-47-16-14-15-44(36-47)50-19-12-13-34-58-50)37-46(61-51-20-10-8-17-48(51)49-18-9-11-21-52(49)61)35-38(2)39-22-24-40(25-23-39)41-26-28-42(29-27-41)53-59-60-54(64-53)43-30-32-45(33-31-43)56(3,4)5/h8-34,36,38,46H,7,35,37H2,1-6H3. The van der Waals surface area contributed by atoms with Crippen molar-refractivity contribution < 1.29 is 13.9 Å². The van der Waals surface area contributed by atoms with Gasteiger partial charge in [-0.15, -0.1) is 10.2 Å². The molecule has 3 atom stereocenters. The molecule has 3 unspecified atom stereocenters. The lowest BCUT2D eigenvalue weighted by atomic mass is 9.78. The van der Waals surface area contributed by atoms with Gasteiger partial charge in [-0.3, -0.25) is 9.78 Å². The maximum absolute atomic E-state index is 14.4. The number of aromatic nitrogens is 4. The molecule has 9 aromatic rings. The Hall–Kier alpha value is -7.12. The minimum Gasteiger partial charge on any atom is -0.426 e. The fraction of sp³-hybridized carbons (Fsp3) is 0.228. The van der Waals surface area contributed by atoms with Gasteiger partial charge in [-0.05, 0) is 120 Å². The van der Waals surface area contributed by atoms with Crippen LogP contribution in [-0.4, -0.2) is 25.7 Å². The number of esters is 1. The zero-order valence-corrected chi connectivity index (χ0v) is 37.5. The maximum atomic E-state index is 14.4. The molecule has 0 amide bonds. The number of carbonyl (C=O) groups is 1. The van der Waals surface area contributed by atoms with Crippen molar-refractivity contribution in [2.45, 2.75) is 78.2 Å². The number of rotatable bonds is 13. The summed E-state index contributed by atoms with van der Waals surface area (Å²) in [5.41, 5.74) is 9.87. The summed E-state index contributed by atoms with van der Waals surface area (Å²) in [6.07, 6.45) is 3.82. The molecule has 3 aromatic heterocycles. The van der Waals surface area contributed by atoms with Crippen LogP contribution in [0.1, 0.15) is 83.9 Å². The van der Waals surface area contributed by atoms with Crippen molar-refractivity contribution in [1.29, 1.82) is 0 Å². The maximum Gasteiger partial charge on any atom is 0.317 e. The van der Waals surface area contributed by atoms with E-state index in [0.29, 0.717) is 30.4 Å². The van der Waals surface area contributed by atoms with Gasteiger partial charge in [0.1, 0.15) is 5.75 Å². The number of ether oxygens (including phenoxy) is 1. The van der Waals surface area contributed by atoms with Gasteiger partial charge >= 0.3 is 5.97 Å². The molecule has 0 aliphatic carbocycles. The van der Waals surface area contributed by atoms with Gasteiger partial charge in [0, 0.05) is 50.7 Å². The lowest BCUT2D eigenvalue weighted by Crippen LogP contribution is -2.34. The summed E-state index contributed by atoms with van der Waals surface area (Å²) in [6.45, 7) is 13.1. The van der Waals surface area contributed by atoms with Gasteiger partial charge in [-0.25, -0.2) is 0 Å². The van der Waals surface area contributed by atoms with E-state index in [2.05, 4.69) is 158 Å². The third-order valence-corrected chi connectivity index (χ3v) is 12.9. The number of pyridine rings is 1. The zero-order valence-electron chi connectivity index (χ0n) is 37.5. The molecule has 0 N–H and O–H groups in total. The van der Waals surface area contributed by atoms with Crippen LogP contribution >= 0.6 is 0 Å². The summed E-state index contributed by atoms with van der Waals surface area (Å²) in [6, 6.07) is 56.2. The van der Waals surface area contributed by atoms with Crippen LogP contribution in [0.4, 0.5) is 0 Å². The number of nitrogens with zero attached hydrogens (tertiary/aromatic N) is 4. The third-order valence-electron chi connectivity index (χ3n) is 12.9. The lowest BCUT2D eigenvalue weighted by molar-refractivity contribution is -0.146. The Balaban J connectivity index is 0.958. The number of hydrogen-bond acceptors (Lipinski definition) is 6. The van der Waals surface area contributed by atoms with Crippen LogP contribution in [0.3, 0.4) is 0 Å². The molecule has 320 valence electrons. The van der Waals surface area contributed by atoms with E-state index in [0.717, 1.165) is 39.9 Å². The Morgan fingerprint density at radius 3 is 1.78 bits per heavy atom. The van der Waals surface area contributed by atoms with E-state index in [-0.39, 0.29) is 23.3 Å². The molecular formula is C57H54N4O3. The highest BCUT2D eigenvalue weighted by atomic mass is 16.5. The van der Waals surface area contributed by atoms with Crippen LogP contribution < -0.4 is 4.74 Å². The zero-order chi connectivity index (χ0) is 44.4. The number of benzene rings is 6. The summed E-state index contributed by atoms with van der Waals surface area (Å²) in [4.78, 5) is 18.9. The summed E-state index contributed by atoms with van der Waals surface area (Å²) in [7, 11) is 0. The largest absolute Gasteiger partial charge is 0.426 e. The number of hydrogen-bond donors (Lipinski definition) is 0. The second-order valence-electron chi connectivity index (χ2n) is 18.4. The SMILES string of the molecule is CCC(C)(CC(CC(C)c1ccc(-c2ccc(-c3nnc(-c4ccc(C(C)(C)C)cc4)o3)cc2)cc1)n1c2ccccc2c2ccccc21)C(=O)Oc1cccc(-c2ccccn2)c1. The van der Waals surface area contributed by atoms with Gasteiger partial charge in [0.15, 0.2) is 0 Å². The lowest BCUT2D eigenvalue weighted by Gasteiger charge is -2.33. The Kier molecular flexibility index (Phi) is 11.6. The van der Waals surface area contributed by atoms with Crippen LogP contribution in [0.15, 0.2) is 174 Å². The molecule has 0 radical (unpaired) electrons. The predicted octanol–water partition coefficient (Wildman–Crippen LogP) is 14.7. The van der Waals surface area contributed by atoms with Crippen LogP contribution in [0.25, 0.3) is 67.1 Å². The van der Waals surface area contributed by atoms with Gasteiger partial charge in [-0.2, -0.15) is 0 Å². The first-order chi connectivity index (χ1) is 31.0. The topological polar surface area (TPSA) is 83.0 Å². The minimum atomic E-state index is -0.769. The molecular weight excluding hydrogens is 789 g/mol. The molecule has 0 spiro atoms. The highest BCUT2D eigenvalue weighted by Crippen LogP contribution is 2.43. The van der Waals surface area contributed by atoms with E-state index in [9.17, 15) is 4.79 Å². The molecule has 0 fully saturated rings. The van der Waals surface area contributed by atoms with Crippen molar-refractivity contribution in [3.05, 3.63) is 181 Å². The van der Waals surface area contributed by atoms with Gasteiger partial charge in [0.2, 0.25) is 11.8 Å². The van der Waals surface area contributed by atoms with Gasteiger partial charge in [-0.1, -0.05) is 138 Å². The first-order valence-corrected chi connectivity index (χ1v) is 22.3. The fourth-order valence-electron chi connectivity index (χ4n) is 8.92. The van der Waals surface area contributed by atoms with Crippen molar-refractivity contribution in [2.75, 3.05) is 0 Å². The second-order valence-corrected chi connectivity index (χ2v) is 18.4. The number of fused-ring (bicyclic) bond motifs is 3. The molecule has 9 rings (SSSR count). The highest BCUT2D eigenvalue weighted by molar-refractivity contribution is 6.08. The van der Waals surface area contributed by atoms with E-state index < -0.39 is 5.41 Å². The molecule has 7 heteroatoms. The first-order valence-electron chi connectivity index (χ1n) is 22.3. The molecule has 3 heterocycles. The monoisotopic (exact) mass is 842 g/mol. The summed E-state index contributed by atoms with van der Waals surface area (Å²) < 4.78 is 14.8. The Morgan fingerprint density at radius 1 is 0.641 bits per heavy atom. The smallest absolute Gasteiger partial charge is 0.317 e. The predicted molar refractivity (Wildman–Crippen MR) is 259 cm³/mol. The third kappa shape index (κ3) is 8.63. The average Bonchev–Trinajstić information content (AvgIpc) is 3.96. The quantitative estimate of drug-likeness (QED) is 0.0849. The Morgan fingerprint density at radius 2 is 1.20 bits per heavy atom. The minimum absolute atomic E-state index is 0.0163. The van der Waals surface area contributed by atoms with E-state index in [1.54, 1.807) is 6.20 Å². The van der Waals surface area contributed by atoms with Crippen LogP contribution in [-0.2, 0) is 10.2 Å². The molecule has 0 aliphatic heterocycles. The van der Waals surface area contributed by atoms with Crippen molar-refractivity contribution >= 4 is 27.8 Å². The van der Waals surface area contributed by atoms with E-state index in [1.807, 2.05) is 66.7 Å². The molecule has 0 aliphatic rings. The number of carbonyl (C=O) groups excluding carboxylic acids is 1. The fourth-order valence-corrected chi connectivity index (χ4v) is 8.92. The van der Waals surface area contributed by atoms with Gasteiger partial charge in [0.05, 0.1) is 11.1 Å². The Labute approximate surface area is 375 Å². The van der Waals surface area contributed by atoms with Crippen molar-refractivity contribution in [3.8, 4) is 51.0 Å². The van der Waals surface area contributed by atoms with Gasteiger partial charge < -0.3 is 13.7 Å². The van der Waals surface area contributed by atoms with E-state index in [4.69, 9.17) is 9.15 Å². The second kappa shape index (κ2) is 17.6. The number of para-hydroxylation sites is 2. The van der Waals surface area contributed by atoms with Crippen molar-refractivity contribution in [3.63, 3.8) is 0 Å². The Bertz CT molecular complexity index is 2980. The normalized spacial score (nSPS) is 13.7. The van der Waals surface area contributed by atoms with Crippen LogP contribution in [0.2, 0.25) is 0 Å². The molecule has 0 saturated carbocycles.